The number of carbonyl (C=O) groups is 2. The molecule has 0 radical (unpaired) electrons. The number of esters is 1. The van der Waals surface area contributed by atoms with E-state index in [-0.39, 0.29) is 12.4 Å². The predicted octanol–water partition coefficient (Wildman–Crippen LogP) is 4.47. The lowest BCUT2D eigenvalue weighted by molar-refractivity contribution is -0.873. The van der Waals surface area contributed by atoms with Gasteiger partial charge in [-0.25, -0.2) is 0 Å². The molecule has 2 unspecified atom stereocenters. The Morgan fingerprint density at radius 3 is 1.90 bits per heavy atom. The normalized spacial score (nSPS) is 13.8. The van der Waals surface area contributed by atoms with Gasteiger partial charge in [0.25, 0.3) is 0 Å². The lowest BCUT2D eigenvalue weighted by atomic mass is 9.96. The van der Waals surface area contributed by atoms with Crippen LogP contribution in [0.25, 0.3) is 0 Å². The van der Waals surface area contributed by atoms with Gasteiger partial charge in [0.05, 0.1) is 21.1 Å². The minimum Gasteiger partial charge on any atom is -0.550 e. The van der Waals surface area contributed by atoms with Gasteiger partial charge in [-0.1, -0.05) is 84.5 Å². The fourth-order valence-corrected chi connectivity index (χ4v) is 3.72. The molecule has 0 fully saturated rings. The summed E-state index contributed by atoms with van der Waals surface area (Å²) in [6, 6.07) is 0. The molecule has 0 aromatic rings. The maximum atomic E-state index is 12.0. The summed E-state index contributed by atoms with van der Waals surface area (Å²) in [6.07, 6.45) is 14.6. The van der Waals surface area contributed by atoms with Gasteiger partial charge in [-0.05, 0) is 12.3 Å². The molecule has 0 aliphatic carbocycles. The van der Waals surface area contributed by atoms with Gasteiger partial charge in [0, 0.05) is 18.8 Å². The highest BCUT2D eigenvalue weighted by Gasteiger charge is 2.22. The summed E-state index contributed by atoms with van der Waals surface area (Å²) in [5, 5.41) is 10.9. The Hall–Kier alpha value is -1.10. The molecule has 0 amide bonds. The van der Waals surface area contributed by atoms with Crippen LogP contribution in [0.1, 0.15) is 104 Å². The highest BCUT2D eigenvalue weighted by molar-refractivity contribution is 5.70. The highest BCUT2D eigenvalue weighted by atomic mass is 16.5. The molecule has 29 heavy (non-hydrogen) atoms. The maximum absolute atomic E-state index is 12.0. The van der Waals surface area contributed by atoms with E-state index in [1.54, 1.807) is 0 Å². The minimum atomic E-state index is -1.17. The Labute approximate surface area is 179 Å². The zero-order chi connectivity index (χ0) is 22.1. The molecule has 172 valence electrons. The van der Waals surface area contributed by atoms with Gasteiger partial charge in [-0.15, -0.1) is 0 Å². The molecule has 0 rings (SSSR count). The largest absolute Gasteiger partial charge is 0.550 e. The summed E-state index contributed by atoms with van der Waals surface area (Å²) in [5.74, 6) is -0.707. The summed E-state index contributed by atoms with van der Waals surface area (Å²) in [5.41, 5.74) is 0. The third-order valence-corrected chi connectivity index (χ3v) is 5.32. The van der Waals surface area contributed by atoms with E-state index in [2.05, 4.69) is 13.8 Å². The van der Waals surface area contributed by atoms with Crippen molar-refractivity contribution in [1.82, 2.24) is 0 Å². The second kappa shape index (κ2) is 16.7. The van der Waals surface area contributed by atoms with E-state index in [0.717, 1.165) is 25.2 Å². The SMILES string of the molecule is CCCCCCCCCC(C)CCCCCC(=O)OC(CC(=O)[O-])C[N+](C)(C)C. The minimum absolute atomic E-state index is 0.239. The summed E-state index contributed by atoms with van der Waals surface area (Å²) < 4.78 is 5.93. The first-order valence-corrected chi connectivity index (χ1v) is 11.8. The van der Waals surface area contributed by atoms with Crippen LogP contribution in [0, 0.1) is 5.92 Å². The van der Waals surface area contributed by atoms with Crippen LogP contribution in [0.4, 0.5) is 0 Å². The fourth-order valence-electron chi connectivity index (χ4n) is 3.72. The Morgan fingerprint density at radius 2 is 1.38 bits per heavy atom. The third kappa shape index (κ3) is 20.0. The molecule has 0 bridgehead atoms. The number of quaternary nitrogens is 1. The van der Waals surface area contributed by atoms with Gasteiger partial charge in [-0.2, -0.15) is 0 Å². The quantitative estimate of drug-likeness (QED) is 0.178. The molecule has 2 atom stereocenters. The third-order valence-electron chi connectivity index (χ3n) is 5.32. The van der Waals surface area contributed by atoms with Crippen molar-refractivity contribution in [2.75, 3.05) is 27.7 Å². The first-order chi connectivity index (χ1) is 13.6. The molecule has 0 spiro atoms. The number of rotatable bonds is 19. The first-order valence-electron chi connectivity index (χ1n) is 11.8. The molecule has 0 aliphatic rings. The molecule has 0 aromatic heterocycles. The Kier molecular flexibility index (Phi) is 16.0. The number of carboxylic acid groups (broad SMARTS) is 1. The van der Waals surface area contributed by atoms with Crippen LogP contribution in [0.3, 0.4) is 0 Å². The lowest BCUT2D eigenvalue weighted by Gasteiger charge is -2.29. The molecule has 5 nitrogen and oxygen atoms in total. The highest BCUT2D eigenvalue weighted by Crippen LogP contribution is 2.18. The molecule has 0 saturated carbocycles. The van der Waals surface area contributed by atoms with Crippen LogP contribution in [-0.4, -0.2) is 50.2 Å². The number of hydrogen-bond donors (Lipinski definition) is 0. The number of ether oxygens (including phenoxy) is 1. The zero-order valence-corrected chi connectivity index (χ0v) is 19.8. The standard InChI is InChI=1S/C24H47NO4/c1-6-7-8-9-10-11-13-16-21(2)17-14-12-15-18-24(28)29-22(19-23(26)27)20-25(3,4)5/h21-22H,6-20H2,1-5H3. The van der Waals surface area contributed by atoms with Crippen LogP contribution in [-0.2, 0) is 14.3 Å². The predicted molar refractivity (Wildman–Crippen MR) is 117 cm³/mol. The molecule has 5 heteroatoms. The summed E-state index contributed by atoms with van der Waals surface area (Å²) in [7, 11) is 5.84. The average Bonchev–Trinajstić information content (AvgIpc) is 2.58. The summed E-state index contributed by atoms with van der Waals surface area (Å²) in [4.78, 5) is 22.9. The molecule has 0 heterocycles. The average molecular weight is 414 g/mol. The number of likely N-dealkylation sites (N-methyl/N-ethyl adjacent to an activating group) is 1. The van der Waals surface area contributed by atoms with Crippen LogP contribution in [0.5, 0.6) is 0 Å². The number of carbonyl (C=O) groups excluding carboxylic acids is 2. The Morgan fingerprint density at radius 1 is 0.862 bits per heavy atom. The van der Waals surface area contributed by atoms with Crippen LogP contribution < -0.4 is 5.11 Å². The Balaban J connectivity index is 3.78. The van der Waals surface area contributed by atoms with Crippen molar-refractivity contribution in [2.45, 2.75) is 110 Å². The fraction of sp³-hybridized carbons (Fsp3) is 0.917. The number of hydrogen-bond acceptors (Lipinski definition) is 4. The lowest BCUT2D eigenvalue weighted by Crippen LogP contribution is -2.45. The number of carboxylic acids is 1. The molecular formula is C24H47NO4. The van der Waals surface area contributed by atoms with Crippen LogP contribution in [0.15, 0.2) is 0 Å². The van der Waals surface area contributed by atoms with Gasteiger partial charge in [0.2, 0.25) is 0 Å². The maximum Gasteiger partial charge on any atom is 0.306 e. The second-order valence-corrected chi connectivity index (χ2v) is 9.78. The van der Waals surface area contributed by atoms with Crippen molar-refractivity contribution in [3.63, 3.8) is 0 Å². The molecule has 0 saturated heterocycles. The van der Waals surface area contributed by atoms with Crippen molar-refractivity contribution in [3.05, 3.63) is 0 Å². The van der Waals surface area contributed by atoms with Crippen LogP contribution in [0.2, 0.25) is 0 Å². The van der Waals surface area contributed by atoms with Gasteiger partial charge < -0.3 is 19.1 Å². The van der Waals surface area contributed by atoms with Crippen molar-refractivity contribution >= 4 is 11.9 Å². The van der Waals surface area contributed by atoms with E-state index >= 15 is 0 Å². The van der Waals surface area contributed by atoms with E-state index < -0.39 is 12.1 Å². The molecular weight excluding hydrogens is 366 g/mol. The zero-order valence-electron chi connectivity index (χ0n) is 19.8. The van der Waals surface area contributed by atoms with E-state index in [4.69, 9.17) is 4.74 Å². The topological polar surface area (TPSA) is 66.4 Å². The number of unbranched alkanes of at least 4 members (excludes halogenated alkanes) is 8. The molecule has 0 N–H and O–H groups in total. The van der Waals surface area contributed by atoms with Crippen molar-refractivity contribution in [1.29, 1.82) is 0 Å². The Bertz CT molecular complexity index is 431. The number of nitrogens with zero attached hydrogens (tertiary/aromatic N) is 1. The molecule has 0 aromatic carbocycles. The number of aliphatic carboxylic acids is 1. The summed E-state index contributed by atoms with van der Waals surface area (Å²) in [6.45, 7) is 5.06. The smallest absolute Gasteiger partial charge is 0.306 e. The van der Waals surface area contributed by atoms with Crippen molar-refractivity contribution in [3.8, 4) is 0 Å². The van der Waals surface area contributed by atoms with Gasteiger partial charge in [-0.3, -0.25) is 4.79 Å². The second-order valence-electron chi connectivity index (χ2n) is 9.78. The van der Waals surface area contributed by atoms with E-state index in [9.17, 15) is 14.7 Å². The van der Waals surface area contributed by atoms with Crippen molar-refractivity contribution in [2.24, 2.45) is 5.92 Å². The van der Waals surface area contributed by atoms with E-state index in [1.165, 1.54) is 57.8 Å². The monoisotopic (exact) mass is 413 g/mol. The van der Waals surface area contributed by atoms with Crippen LogP contribution >= 0.6 is 0 Å². The molecule has 0 aliphatic heterocycles. The van der Waals surface area contributed by atoms with E-state index in [1.807, 2.05) is 21.1 Å². The van der Waals surface area contributed by atoms with Gasteiger partial charge in [0.1, 0.15) is 6.54 Å². The van der Waals surface area contributed by atoms with Gasteiger partial charge >= 0.3 is 5.97 Å². The first kappa shape index (κ1) is 27.9. The van der Waals surface area contributed by atoms with Crippen molar-refractivity contribution < 1.29 is 23.9 Å². The van der Waals surface area contributed by atoms with Gasteiger partial charge in [0.15, 0.2) is 6.10 Å². The summed E-state index contributed by atoms with van der Waals surface area (Å²) >= 11 is 0. The van der Waals surface area contributed by atoms with E-state index in [0.29, 0.717) is 17.4 Å².